The highest BCUT2D eigenvalue weighted by Gasteiger charge is 2.14. The standard InChI is InChI=1S/C11H19N3O3/c1-8(2)7-17-5-4-14-6-9(12)10(13-14)11(15)16-3/h6,8H,4-5,7,12H2,1-3H3. The van der Waals surface area contributed by atoms with Crippen LogP contribution in [-0.2, 0) is 16.0 Å². The van der Waals surface area contributed by atoms with E-state index in [0.29, 0.717) is 31.4 Å². The monoisotopic (exact) mass is 241 g/mol. The van der Waals surface area contributed by atoms with Crippen LogP contribution in [0.25, 0.3) is 0 Å². The van der Waals surface area contributed by atoms with Gasteiger partial charge < -0.3 is 15.2 Å². The third-order valence-corrected chi connectivity index (χ3v) is 2.08. The average Bonchev–Trinajstić information content (AvgIpc) is 2.65. The zero-order chi connectivity index (χ0) is 12.8. The summed E-state index contributed by atoms with van der Waals surface area (Å²) in [5.41, 5.74) is 6.11. The van der Waals surface area contributed by atoms with Crippen LogP contribution < -0.4 is 5.73 Å². The number of ether oxygens (including phenoxy) is 2. The number of aromatic nitrogens is 2. The van der Waals surface area contributed by atoms with E-state index in [0.717, 1.165) is 0 Å². The molecule has 0 bridgehead atoms. The number of rotatable bonds is 6. The van der Waals surface area contributed by atoms with Gasteiger partial charge in [0.1, 0.15) is 0 Å². The first-order valence-corrected chi connectivity index (χ1v) is 5.53. The van der Waals surface area contributed by atoms with Gasteiger partial charge in [-0.1, -0.05) is 13.8 Å². The van der Waals surface area contributed by atoms with Crippen molar-refractivity contribution in [1.29, 1.82) is 0 Å². The SMILES string of the molecule is COC(=O)c1nn(CCOCC(C)C)cc1N. The second-order valence-electron chi connectivity index (χ2n) is 4.16. The van der Waals surface area contributed by atoms with Crippen LogP contribution in [0.4, 0.5) is 5.69 Å². The summed E-state index contributed by atoms with van der Waals surface area (Å²) < 4.78 is 11.6. The summed E-state index contributed by atoms with van der Waals surface area (Å²) in [7, 11) is 1.30. The Balaban J connectivity index is 2.47. The Hall–Kier alpha value is -1.56. The fourth-order valence-electron chi connectivity index (χ4n) is 1.28. The molecule has 6 heteroatoms. The van der Waals surface area contributed by atoms with Gasteiger partial charge in [-0.3, -0.25) is 4.68 Å². The second-order valence-corrected chi connectivity index (χ2v) is 4.16. The summed E-state index contributed by atoms with van der Waals surface area (Å²) >= 11 is 0. The number of nitrogen functional groups attached to an aromatic ring is 1. The van der Waals surface area contributed by atoms with Crippen molar-refractivity contribution in [2.24, 2.45) is 5.92 Å². The van der Waals surface area contributed by atoms with Crippen LogP contribution in [0.3, 0.4) is 0 Å². The van der Waals surface area contributed by atoms with Gasteiger partial charge in [-0.05, 0) is 5.92 Å². The maximum absolute atomic E-state index is 11.3. The maximum Gasteiger partial charge on any atom is 0.360 e. The van der Waals surface area contributed by atoms with Crippen molar-refractivity contribution in [3.05, 3.63) is 11.9 Å². The van der Waals surface area contributed by atoms with E-state index in [4.69, 9.17) is 10.5 Å². The van der Waals surface area contributed by atoms with Gasteiger partial charge >= 0.3 is 5.97 Å². The maximum atomic E-state index is 11.3. The van der Waals surface area contributed by atoms with Gasteiger partial charge in [-0.15, -0.1) is 0 Å². The third kappa shape index (κ3) is 4.07. The molecule has 0 saturated heterocycles. The minimum atomic E-state index is -0.524. The first-order valence-electron chi connectivity index (χ1n) is 5.53. The summed E-state index contributed by atoms with van der Waals surface area (Å²) in [6.45, 7) is 5.98. The molecular weight excluding hydrogens is 222 g/mol. The van der Waals surface area contributed by atoms with E-state index in [1.54, 1.807) is 10.9 Å². The quantitative estimate of drug-likeness (QED) is 0.592. The van der Waals surface area contributed by atoms with Crippen molar-refractivity contribution in [3.63, 3.8) is 0 Å². The van der Waals surface area contributed by atoms with Crippen molar-refractivity contribution in [2.45, 2.75) is 20.4 Å². The molecule has 0 aliphatic rings. The van der Waals surface area contributed by atoms with Gasteiger partial charge in [-0.2, -0.15) is 5.10 Å². The lowest BCUT2D eigenvalue weighted by Gasteiger charge is -2.06. The van der Waals surface area contributed by atoms with Crippen LogP contribution in [0.1, 0.15) is 24.3 Å². The highest BCUT2D eigenvalue weighted by molar-refractivity contribution is 5.92. The van der Waals surface area contributed by atoms with E-state index in [2.05, 4.69) is 23.7 Å². The Morgan fingerprint density at radius 3 is 2.88 bits per heavy atom. The lowest BCUT2D eigenvalue weighted by molar-refractivity contribution is 0.0592. The minimum Gasteiger partial charge on any atom is -0.464 e. The van der Waals surface area contributed by atoms with E-state index in [-0.39, 0.29) is 5.69 Å². The van der Waals surface area contributed by atoms with E-state index in [1.165, 1.54) is 7.11 Å². The number of anilines is 1. The molecule has 1 heterocycles. The highest BCUT2D eigenvalue weighted by atomic mass is 16.5. The van der Waals surface area contributed by atoms with Crippen LogP contribution >= 0.6 is 0 Å². The van der Waals surface area contributed by atoms with Crippen LogP contribution in [0, 0.1) is 5.92 Å². The molecule has 17 heavy (non-hydrogen) atoms. The van der Waals surface area contributed by atoms with Gasteiger partial charge in [0.25, 0.3) is 0 Å². The van der Waals surface area contributed by atoms with Crippen LogP contribution in [0.2, 0.25) is 0 Å². The number of nitrogens with two attached hydrogens (primary N) is 1. The van der Waals surface area contributed by atoms with Crippen molar-refractivity contribution in [2.75, 3.05) is 26.1 Å². The summed E-state index contributed by atoms with van der Waals surface area (Å²) in [4.78, 5) is 11.3. The number of hydrogen-bond acceptors (Lipinski definition) is 5. The molecule has 0 atom stereocenters. The Morgan fingerprint density at radius 1 is 1.59 bits per heavy atom. The van der Waals surface area contributed by atoms with Crippen LogP contribution in [0.5, 0.6) is 0 Å². The lowest BCUT2D eigenvalue weighted by Crippen LogP contribution is -2.11. The lowest BCUT2D eigenvalue weighted by atomic mass is 10.2. The predicted octanol–water partition coefficient (Wildman–Crippen LogP) is 0.924. The van der Waals surface area contributed by atoms with Gasteiger partial charge in [0, 0.05) is 12.8 Å². The molecule has 6 nitrogen and oxygen atoms in total. The third-order valence-electron chi connectivity index (χ3n) is 2.08. The Morgan fingerprint density at radius 2 is 2.29 bits per heavy atom. The number of esters is 1. The normalized spacial score (nSPS) is 10.8. The molecule has 0 saturated carbocycles. The minimum absolute atomic E-state index is 0.149. The van der Waals surface area contributed by atoms with Crippen LogP contribution in [-0.4, -0.2) is 36.1 Å². The molecule has 0 spiro atoms. The Kier molecular flexibility index (Phi) is 4.96. The first kappa shape index (κ1) is 13.5. The molecule has 1 aromatic heterocycles. The molecule has 0 aliphatic heterocycles. The number of carbonyl (C=O) groups excluding carboxylic acids is 1. The second kappa shape index (κ2) is 6.24. The molecule has 0 radical (unpaired) electrons. The Labute approximate surface area is 101 Å². The molecule has 1 aromatic rings. The molecule has 0 aliphatic carbocycles. The fraction of sp³-hybridized carbons (Fsp3) is 0.636. The van der Waals surface area contributed by atoms with E-state index < -0.39 is 5.97 Å². The highest BCUT2D eigenvalue weighted by Crippen LogP contribution is 2.09. The Bertz CT molecular complexity index is 374. The summed E-state index contributed by atoms with van der Waals surface area (Å²) in [5, 5.41) is 4.03. The molecule has 96 valence electrons. The molecule has 0 aromatic carbocycles. The first-order chi connectivity index (χ1) is 8.04. The summed E-state index contributed by atoms with van der Waals surface area (Å²) in [6, 6.07) is 0. The largest absolute Gasteiger partial charge is 0.464 e. The van der Waals surface area contributed by atoms with E-state index in [9.17, 15) is 4.79 Å². The zero-order valence-electron chi connectivity index (χ0n) is 10.5. The summed E-state index contributed by atoms with van der Waals surface area (Å²) in [5.74, 6) is -0.0207. The smallest absolute Gasteiger partial charge is 0.360 e. The molecule has 2 N–H and O–H groups in total. The molecule has 0 unspecified atom stereocenters. The topological polar surface area (TPSA) is 79.4 Å². The number of hydrogen-bond donors (Lipinski definition) is 1. The van der Waals surface area contributed by atoms with Crippen molar-refractivity contribution < 1.29 is 14.3 Å². The van der Waals surface area contributed by atoms with Crippen molar-refractivity contribution in [3.8, 4) is 0 Å². The molecule has 0 fully saturated rings. The molecule has 0 amide bonds. The number of carbonyl (C=O) groups is 1. The number of methoxy groups -OCH3 is 1. The zero-order valence-corrected chi connectivity index (χ0v) is 10.5. The average molecular weight is 241 g/mol. The van der Waals surface area contributed by atoms with Crippen LogP contribution in [0.15, 0.2) is 6.20 Å². The molecule has 1 rings (SSSR count). The molecular formula is C11H19N3O3. The van der Waals surface area contributed by atoms with E-state index >= 15 is 0 Å². The number of nitrogens with zero attached hydrogens (tertiary/aromatic N) is 2. The van der Waals surface area contributed by atoms with Gasteiger partial charge in [0.2, 0.25) is 0 Å². The fourth-order valence-corrected chi connectivity index (χ4v) is 1.28. The predicted molar refractivity (Wildman–Crippen MR) is 63.6 cm³/mol. The van der Waals surface area contributed by atoms with E-state index in [1.807, 2.05) is 0 Å². The van der Waals surface area contributed by atoms with Crippen molar-refractivity contribution in [1.82, 2.24) is 9.78 Å². The van der Waals surface area contributed by atoms with Gasteiger partial charge in [-0.25, -0.2) is 4.79 Å². The van der Waals surface area contributed by atoms with Gasteiger partial charge in [0.15, 0.2) is 5.69 Å². The van der Waals surface area contributed by atoms with Gasteiger partial charge in [0.05, 0.1) is 25.9 Å². The van der Waals surface area contributed by atoms with Crippen molar-refractivity contribution >= 4 is 11.7 Å². The summed E-state index contributed by atoms with van der Waals surface area (Å²) in [6.07, 6.45) is 1.60.